The molecule has 0 bridgehead atoms. The zero-order chi connectivity index (χ0) is 11.3. The highest BCUT2D eigenvalue weighted by Crippen LogP contribution is 2.13. The molecule has 3 N–H and O–H groups in total. The van der Waals surface area contributed by atoms with E-state index >= 15 is 0 Å². The number of aromatic nitrogens is 2. The number of aliphatic hydroxyl groups is 1. The topological polar surface area (TPSA) is 60.9 Å². The van der Waals surface area contributed by atoms with Gasteiger partial charge in [-0.15, -0.1) is 0 Å². The minimum absolute atomic E-state index is 0.228. The third-order valence-electron chi connectivity index (χ3n) is 2.70. The first-order chi connectivity index (χ1) is 7.15. The molecule has 0 aliphatic rings. The van der Waals surface area contributed by atoms with Crippen LogP contribution >= 0.6 is 0 Å². The third-order valence-corrected chi connectivity index (χ3v) is 2.70. The maximum absolute atomic E-state index is 8.97. The van der Waals surface area contributed by atoms with Crippen molar-refractivity contribution in [2.75, 3.05) is 6.61 Å². The van der Waals surface area contributed by atoms with Crippen molar-refractivity contribution in [3.8, 4) is 0 Å². The zero-order valence-electron chi connectivity index (χ0n) is 9.70. The highest BCUT2D eigenvalue weighted by atomic mass is 16.3. The maximum atomic E-state index is 8.97. The summed E-state index contributed by atoms with van der Waals surface area (Å²) in [5.74, 6) is 0.516. The molecule has 0 radical (unpaired) electrons. The fourth-order valence-electron chi connectivity index (χ4n) is 1.67. The molecule has 2 unspecified atom stereocenters. The number of hydrogen-bond acceptors (Lipinski definition) is 3. The van der Waals surface area contributed by atoms with Crippen molar-refractivity contribution in [2.45, 2.75) is 39.3 Å². The van der Waals surface area contributed by atoms with E-state index in [-0.39, 0.29) is 12.6 Å². The molecule has 0 aliphatic heterocycles. The van der Waals surface area contributed by atoms with E-state index in [9.17, 15) is 0 Å². The molecule has 0 amide bonds. The van der Waals surface area contributed by atoms with Crippen LogP contribution in [0.3, 0.4) is 0 Å². The molecule has 0 aliphatic carbocycles. The maximum Gasteiger partial charge on any atom is 0.0518 e. The monoisotopic (exact) mass is 211 g/mol. The van der Waals surface area contributed by atoms with Gasteiger partial charge in [0, 0.05) is 24.9 Å². The van der Waals surface area contributed by atoms with Gasteiger partial charge in [-0.3, -0.25) is 5.10 Å². The lowest BCUT2D eigenvalue weighted by molar-refractivity contribution is 0.236. The summed E-state index contributed by atoms with van der Waals surface area (Å²) in [4.78, 5) is 0. The Morgan fingerprint density at radius 1 is 1.47 bits per heavy atom. The molecule has 0 fully saturated rings. The Balaban J connectivity index is 2.50. The van der Waals surface area contributed by atoms with Crippen LogP contribution < -0.4 is 5.32 Å². The number of aliphatic hydroxyl groups excluding tert-OH is 1. The molecule has 1 rings (SSSR count). The average molecular weight is 211 g/mol. The number of aromatic amines is 1. The summed E-state index contributed by atoms with van der Waals surface area (Å²) in [6.45, 7) is 6.64. The molecule has 0 spiro atoms. The molecule has 0 saturated heterocycles. The quantitative estimate of drug-likeness (QED) is 0.667. The molecule has 4 heteroatoms. The highest BCUT2D eigenvalue weighted by Gasteiger charge is 2.16. The first-order valence-corrected chi connectivity index (χ1v) is 5.51. The minimum atomic E-state index is 0.228. The van der Waals surface area contributed by atoms with Crippen LogP contribution in [0.2, 0.25) is 0 Å². The number of H-pyrrole nitrogens is 1. The minimum Gasteiger partial charge on any atom is -0.396 e. The molecular weight excluding hydrogens is 190 g/mol. The lowest BCUT2D eigenvalue weighted by Crippen LogP contribution is -2.36. The van der Waals surface area contributed by atoms with Gasteiger partial charge < -0.3 is 10.4 Å². The summed E-state index contributed by atoms with van der Waals surface area (Å²) in [5, 5.41) is 19.3. The first-order valence-electron chi connectivity index (χ1n) is 5.51. The standard InChI is InChI=1S/C11H21N3O/c1-8(2)10(5-7-15)13-9(3)11-4-6-12-14-11/h4,6,8-10,13,15H,5,7H2,1-3H3,(H,12,14). The first kappa shape index (κ1) is 12.2. The fourth-order valence-corrected chi connectivity index (χ4v) is 1.67. The third kappa shape index (κ3) is 3.64. The summed E-state index contributed by atoms with van der Waals surface area (Å²) >= 11 is 0. The van der Waals surface area contributed by atoms with Crippen LogP contribution in [-0.4, -0.2) is 28.0 Å². The van der Waals surface area contributed by atoms with Crippen LogP contribution in [0, 0.1) is 5.92 Å². The SMILES string of the molecule is CC(NC(CCO)C(C)C)c1ccn[nH]1. The molecule has 2 atom stereocenters. The van der Waals surface area contributed by atoms with Crippen molar-refractivity contribution < 1.29 is 5.11 Å². The van der Waals surface area contributed by atoms with Crippen molar-refractivity contribution in [2.24, 2.45) is 5.92 Å². The Morgan fingerprint density at radius 2 is 2.20 bits per heavy atom. The molecule has 4 nitrogen and oxygen atoms in total. The van der Waals surface area contributed by atoms with Gasteiger partial charge in [0.2, 0.25) is 0 Å². The average Bonchev–Trinajstić information content (AvgIpc) is 2.69. The van der Waals surface area contributed by atoms with Crippen LogP contribution in [0.5, 0.6) is 0 Å². The second-order valence-corrected chi connectivity index (χ2v) is 4.26. The van der Waals surface area contributed by atoms with E-state index < -0.39 is 0 Å². The fraction of sp³-hybridized carbons (Fsp3) is 0.727. The van der Waals surface area contributed by atoms with Crippen molar-refractivity contribution >= 4 is 0 Å². The van der Waals surface area contributed by atoms with Crippen molar-refractivity contribution in [3.05, 3.63) is 18.0 Å². The molecule has 1 aromatic rings. The second kappa shape index (κ2) is 5.88. The second-order valence-electron chi connectivity index (χ2n) is 4.26. The number of hydrogen-bond donors (Lipinski definition) is 3. The van der Waals surface area contributed by atoms with Crippen LogP contribution in [0.4, 0.5) is 0 Å². The van der Waals surface area contributed by atoms with Crippen LogP contribution in [0.25, 0.3) is 0 Å². The van der Waals surface area contributed by atoms with Crippen LogP contribution in [0.15, 0.2) is 12.3 Å². The lowest BCUT2D eigenvalue weighted by atomic mass is 10.00. The van der Waals surface area contributed by atoms with Gasteiger partial charge in [0.15, 0.2) is 0 Å². The van der Waals surface area contributed by atoms with Gasteiger partial charge in [-0.2, -0.15) is 5.10 Å². The predicted molar refractivity (Wildman–Crippen MR) is 60.5 cm³/mol. The summed E-state index contributed by atoms with van der Waals surface area (Å²) in [6, 6.07) is 2.55. The number of nitrogens with zero attached hydrogens (tertiary/aromatic N) is 1. The van der Waals surface area contributed by atoms with E-state index in [1.807, 2.05) is 6.07 Å². The molecule has 86 valence electrons. The predicted octanol–water partition coefficient (Wildman–Crippen LogP) is 1.47. The van der Waals surface area contributed by atoms with Gasteiger partial charge in [0.25, 0.3) is 0 Å². The summed E-state index contributed by atoms with van der Waals surface area (Å²) in [6.07, 6.45) is 2.54. The smallest absolute Gasteiger partial charge is 0.0518 e. The highest BCUT2D eigenvalue weighted by molar-refractivity contribution is 5.03. The van der Waals surface area contributed by atoms with Crippen molar-refractivity contribution in [3.63, 3.8) is 0 Å². The molecular formula is C11H21N3O. The van der Waals surface area contributed by atoms with Gasteiger partial charge in [0.1, 0.15) is 0 Å². The van der Waals surface area contributed by atoms with Crippen LogP contribution in [-0.2, 0) is 0 Å². The molecule has 1 heterocycles. The summed E-state index contributed by atoms with van der Waals surface area (Å²) in [5.41, 5.74) is 1.08. The van der Waals surface area contributed by atoms with E-state index in [0.717, 1.165) is 12.1 Å². The molecule has 0 saturated carbocycles. The van der Waals surface area contributed by atoms with E-state index in [1.54, 1.807) is 6.20 Å². The van der Waals surface area contributed by atoms with Gasteiger partial charge in [-0.25, -0.2) is 0 Å². The van der Waals surface area contributed by atoms with Gasteiger partial charge in [0.05, 0.1) is 5.69 Å². The van der Waals surface area contributed by atoms with Gasteiger partial charge >= 0.3 is 0 Å². The Kier molecular flexibility index (Phi) is 4.78. The van der Waals surface area contributed by atoms with E-state index in [1.165, 1.54) is 0 Å². The van der Waals surface area contributed by atoms with Crippen molar-refractivity contribution in [1.82, 2.24) is 15.5 Å². The van der Waals surface area contributed by atoms with E-state index in [4.69, 9.17) is 5.11 Å². The Bertz CT molecular complexity index is 259. The van der Waals surface area contributed by atoms with Gasteiger partial charge in [-0.1, -0.05) is 13.8 Å². The molecule has 0 aromatic carbocycles. The summed E-state index contributed by atoms with van der Waals surface area (Å²) in [7, 11) is 0. The molecule has 15 heavy (non-hydrogen) atoms. The zero-order valence-corrected chi connectivity index (χ0v) is 9.70. The lowest BCUT2D eigenvalue weighted by Gasteiger charge is -2.25. The Labute approximate surface area is 91.1 Å². The van der Waals surface area contributed by atoms with Crippen molar-refractivity contribution in [1.29, 1.82) is 0 Å². The largest absolute Gasteiger partial charge is 0.396 e. The van der Waals surface area contributed by atoms with E-state index in [0.29, 0.717) is 12.0 Å². The van der Waals surface area contributed by atoms with E-state index in [2.05, 4.69) is 36.3 Å². The molecule has 1 aromatic heterocycles. The van der Waals surface area contributed by atoms with Crippen LogP contribution in [0.1, 0.15) is 38.9 Å². The number of rotatable bonds is 6. The normalized spacial score (nSPS) is 15.5. The summed E-state index contributed by atoms with van der Waals surface area (Å²) < 4.78 is 0. The number of nitrogens with one attached hydrogen (secondary N) is 2. The van der Waals surface area contributed by atoms with Gasteiger partial charge in [-0.05, 0) is 25.3 Å². The Morgan fingerprint density at radius 3 is 2.67 bits per heavy atom. The Hall–Kier alpha value is -0.870.